The van der Waals surface area contributed by atoms with E-state index >= 15 is 0 Å². The number of carbonyl (C=O) groups is 2. The maximum Gasteiger partial charge on any atom is 0.360 e. The van der Waals surface area contributed by atoms with Crippen molar-refractivity contribution in [3.05, 3.63) is 15.1 Å². The van der Waals surface area contributed by atoms with Gasteiger partial charge in [-0.1, -0.05) is 23.2 Å². The van der Waals surface area contributed by atoms with E-state index in [2.05, 4.69) is 9.69 Å². The molecule has 1 aliphatic rings. The van der Waals surface area contributed by atoms with Crippen LogP contribution < -0.4 is 5.32 Å². The average Bonchev–Trinajstić information content (AvgIpc) is 3.05. The third-order valence-corrected chi connectivity index (χ3v) is 4.29. The highest BCUT2D eigenvalue weighted by molar-refractivity contribution is 7.11. The van der Waals surface area contributed by atoms with Crippen LogP contribution in [0.2, 0.25) is 9.36 Å². The van der Waals surface area contributed by atoms with E-state index in [1.807, 2.05) is 0 Å². The topological polar surface area (TPSA) is 77.5 Å². The number of hydrogen-bond donors (Lipinski definition) is 1. The van der Waals surface area contributed by atoms with Crippen molar-refractivity contribution >= 4 is 46.6 Å². The Morgan fingerprint density at radius 2 is 2.30 bits per heavy atom. The Hall–Kier alpha value is -0.890. The molecule has 6 nitrogen and oxygen atoms in total. The first-order chi connectivity index (χ1) is 9.58. The summed E-state index contributed by atoms with van der Waals surface area (Å²) in [6.45, 7) is 0.745. The fourth-order valence-corrected chi connectivity index (χ4v) is 2.65. The summed E-state index contributed by atoms with van der Waals surface area (Å²) >= 11 is 12.3. The Morgan fingerprint density at radius 3 is 2.90 bits per heavy atom. The number of esters is 1. The summed E-state index contributed by atoms with van der Waals surface area (Å²) in [7, 11) is 0. The van der Waals surface area contributed by atoms with Crippen LogP contribution in [-0.2, 0) is 14.3 Å². The van der Waals surface area contributed by atoms with Crippen LogP contribution >= 0.6 is 34.7 Å². The van der Waals surface area contributed by atoms with Gasteiger partial charge in [-0.25, -0.2) is 4.79 Å². The molecule has 1 N–H and O–H groups in total. The lowest BCUT2D eigenvalue weighted by molar-refractivity contribution is -0.124. The summed E-state index contributed by atoms with van der Waals surface area (Å²) < 4.78 is 14.1. The van der Waals surface area contributed by atoms with Gasteiger partial charge in [-0.3, -0.25) is 4.79 Å². The van der Waals surface area contributed by atoms with Gasteiger partial charge in [0.2, 0.25) is 0 Å². The van der Waals surface area contributed by atoms with Crippen molar-refractivity contribution in [2.75, 3.05) is 19.8 Å². The largest absolute Gasteiger partial charge is 0.451 e. The molecule has 2 heterocycles. The van der Waals surface area contributed by atoms with Crippen LogP contribution in [0.4, 0.5) is 0 Å². The number of nitrogens with one attached hydrogen (secondary N) is 1. The molecule has 0 spiro atoms. The standard InChI is InChI=1S/C11H12Cl2N2O4S/c12-8-9(15-20-10(8)13)11(17)19-5-7(16)14-4-6-2-1-3-18-6/h6H,1-5H2,(H,14,16)/t6-/m1/s1. The number of halogens is 2. The molecule has 1 aliphatic heterocycles. The minimum atomic E-state index is -0.773. The Bertz CT molecular complexity index is 503. The molecular formula is C11H12Cl2N2O4S. The molecule has 0 radical (unpaired) electrons. The fraction of sp³-hybridized carbons (Fsp3) is 0.545. The van der Waals surface area contributed by atoms with E-state index in [0.29, 0.717) is 6.54 Å². The van der Waals surface area contributed by atoms with Crippen molar-refractivity contribution in [1.29, 1.82) is 0 Å². The highest BCUT2D eigenvalue weighted by Crippen LogP contribution is 2.29. The minimum Gasteiger partial charge on any atom is -0.451 e. The van der Waals surface area contributed by atoms with Crippen LogP contribution in [0.25, 0.3) is 0 Å². The van der Waals surface area contributed by atoms with Gasteiger partial charge in [0.25, 0.3) is 5.91 Å². The van der Waals surface area contributed by atoms with E-state index in [4.69, 9.17) is 32.7 Å². The second-order valence-electron chi connectivity index (χ2n) is 4.13. The van der Waals surface area contributed by atoms with E-state index in [9.17, 15) is 9.59 Å². The van der Waals surface area contributed by atoms with Crippen LogP contribution in [0.5, 0.6) is 0 Å². The third kappa shape index (κ3) is 4.05. The molecule has 9 heteroatoms. The molecule has 1 aromatic heterocycles. The molecule has 0 aliphatic carbocycles. The van der Waals surface area contributed by atoms with E-state index in [0.717, 1.165) is 31.0 Å². The molecule has 0 bridgehead atoms. The monoisotopic (exact) mass is 338 g/mol. The minimum absolute atomic E-state index is 0.0430. The Morgan fingerprint density at radius 1 is 1.50 bits per heavy atom. The molecule has 0 aromatic carbocycles. The van der Waals surface area contributed by atoms with Gasteiger partial charge in [0.15, 0.2) is 12.3 Å². The van der Waals surface area contributed by atoms with Crippen LogP contribution in [0.3, 0.4) is 0 Å². The van der Waals surface area contributed by atoms with Crippen molar-refractivity contribution < 1.29 is 19.1 Å². The number of amides is 1. The fourth-order valence-electron chi connectivity index (χ4n) is 1.67. The van der Waals surface area contributed by atoms with Crippen molar-refractivity contribution in [2.45, 2.75) is 18.9 Å². The average molecular weight is 339 g/mol. The summed E-state index contributed by atoms with van der Waals surface area (Å²) in [4.78, 5) is 23.1. The first-order valence-corrected chi connectivity index (χ1v) is 7.47. The molecule has 0 unspecified atom stereocenters. The van der Waals surface area contributed by atoms with Gasteiger partial charge in [0, 0.05) is 13.2 Å². The van der Waals surface area contributed by atoms with Gasteiger partial charge in [-0.15, -0.1) is 0 Å². The highest BCUT2D eigenvalue weighted by atomic mass is 35.5. The van der Waals surface area contributed by atoms with E-state index in [-0.39, 0.29) is 21.2 Å². The normalized spacial score (nSPS) is 18.0. The highest BCUT2D eigenvalue weighted by Gasteiger charge is 2.20. The lowest BCUT2D eigenvalue weighted by Crippen LogP contribution is -2.34. The number of aromatic nitrogens is 1. The van der Waals surface area contributed by atoms with Crippen LogP contribution in [0.15, 0.2) is 0 Å². The molecule has 1 aromatic rings. The predicted molar refractivity (Wildman–Crippen MR) is 74.4 cm³/mol. The molecule has 1 amide bonds. The molecule has 20 heavy (non-hydrogen) atoms. The van der Waals surface area contributed by atoms with Crippen molar-refractivity contribution in [3.63, 3.8) is 0 Å². The summed E-state index contributed by atoms with van der Waals surface area (Å²) in [6, 6.07) is 0. The second-order valence-corrected chi connectivity index (χ2v) is 5.89. The predicted octanol–water partition coefficient (Wildman–Crippen LogP) is 1.90. The van der Waals surface area contributed by atoms with Crippen molar-refractivity contribution in [3.8, 4) is 0 Å². The van der Waals surface area contributed by atoms with Gasteiger partial charge < -0.3 is 14.8 Å². The molecule has 1 atom stereocenters. The Labute approximate surface area is 129 Å². The lowest BCUT2D eigenvalue weighted by Gasteiger charge is -2.10. The molecule has 1 saturated heterocycles. The first kappa shape index (κ1) is 15.5. The first-order valence-electron chi connectivity index (χ1n) is 5.94. The molecule has 110 valence electrons. The van der Waals surface area contributed by atoms with E-state index in [1.54, 1.807) is 0 Å². The van der Waals surface area contributed by atoms with Gasteiger partial charge in [0.1, 0.15) is 9.36 Å². The molecule has 1 fully saturated rings. The number of rotatable bonds is 5. The summed E-state index contributed by atoms with van der Waals surface area (Å²) in [5, 5.41) is 2.68. The molecule has 0 saturated carbocycles. The second kappa shape index (κ2) is 7.21. The zero-order valence-corrected chi connectivity index (χ0v) is 12.7. The van der Waals surface area contributed by atoms with E-state index in [1.165, 1.54) is 0 Å². The molecular weight excluding hydrogens is 327 g/mol. The number of carbonyl (C=O) groups excluding carboxylic acids is 2. The number of nitrogens with zero attached hydrogens (tertiary/aromatic N) is 1. The third-order valence-electron chi connectivity index (χ3n) is 2.68. The van der Waals surface area contributed by atoms with Crippen molar-refractivity contribution in [1.82, 2.24) is 9.69 Å². The van der Waals surface area contributed by atoms with Gasteiger partial charge in [-0.05, 0) is 24.4 Å². The summed E-state index contributed by atoms with van der Waals surface area (Å²) in [6.07, 6.45) is 1.97. The van der Waals surface area contributed by atoms with Crippen molar-refractivity contribution in [2.24, 2.45) is 0 Å². The Balaban J connectivity index is 1.72. The summed E-state index contributed by atoms with van der Waals surface area (Å²) in [5.41, 5.74) is -0.0754. The van der Waals surface area contributed by atoms with Gasteiger partial charge >= 0.3 is 5.97 Å². The smallest absolute Gasteiger partial charge is 0.360 e. The molecule has 2 rings (SSSR count). The zero-order chi connectivity index (χ0) is 14.5. The quantitative estimate of drug-likeness (QED) is 0.829. The Kier molecular flexibility index (Phi) is 5.59. The maximum atomic E-state index is 11.6. The van der Waals surface area contributed by atoms with Gasteiger partial charge in [0.05, 0.1) is 6.10 Å². The number of hydrogen-bond acceptors (Lipinski definition) is 6. The van der Waals surface area contributed by atoms with Gasteiger partial charge in [-0.2, -0.15) is 4.37 Å². The lowest BCUT2D eigenvalue weighted by atomic mass is 10.2. The van der Waals surface area contributed by atoms with Crippen LogP contribution in [0.1, 0.15) is 23.3 Å². The van der Waals surface area contributed by atoms with Crippen LogP contribution in [0, 0.1) is 0 Å². The maximum absolute atomic E-state index is 11.6. The zero-order valence-electron chi connectivity index (χ0n) is 10.4. The number of ether oxygens (including phenoxy) is 2. The van der Waals surface area contributed by atoms with Crippen LogP contribution in [-0.4, -0.2) is 42.1 Å². The summed E-state index contributed by atoms with van der Waals surface area (Å²) in [5.74, 6) is -1.17. The SMILES string of the molecule is O=C(COC(=O)c1nsc(Cl)c1Cl)NC[C@H]1CCCO1. The van der Waals surface area contributed by atoms with E-state index < -0.39 is 18.5 Å².